The Kier molecular flexibility index (Phi) is 53.6. The molecule has 0 aliphatic carbocycles. The molecule has 0 fully saturated rings. The smallest absolute Gasteiger partial charge is 0.306 e. The van der Waals surface area contributed by atoms with Crippen molar-refractivity contribution < 1.29 is 23.8 Å². The van der Waals surface area contributed by atoms with Crippen molar-refractivity contribution in [3.63, 3.8) is 0 Å². The second-order valence-electron chi connectivity index (χ2n) is 17.4. The fraction of sp³-hybridized carbons (Fsp3) is 0.587. The van der Waals surface area contributed by atoms with Crippen LogP contribution in [0.4, 0.5) is 0 Å². The van der Waals surface area contributed by atoms with Crippen molar-refractivity contribution in [1.82, 2.24) is 0 Å². The molecule has 0 rings (SSSR count). The van der Waals surface area contributed by atoms with Crippen molar-refractivity contribution in [2.24, 2.45) is 0 Å². The van der Waals surface area contributed by atoms with E-state index in [1.165, 1.54) is 77.0 Å². The van der Waals surface area contributed by atoms with Gasteiger partial charge in [-0.05, 0) is 122 Å². The second kappa shape index (κ2) is 57.1. The van der Waals surface area contributed by atoms with Crippen molar-refractivity contribution >= 4 is 11.9 Å². The molecule has 0 spiro atoms. The van der Waals surface area contributed by atoms with Crippen LogP contribution < -0.4 is 0 Å². The van der Waals surface area contributed by atoms with Crippen LogP contribution in [-0.4, -0.2) is 37.9 Å². The number of rotatable bonds is 48. The molecule has 0 radical (unpaired) electrons. The Morgan fingerprint density at radius 2 is 0.691 bits per heavy atom. The number of allylic oxidation sites excluding steroid dienone is 24. The maximum Gasteiger partial charge on any atom is 0.306 e. The van der Waals surface area contributed by atoms with E-state index in [-0.39, 0.29) is 31.6 Å². The first-order valence-corrected chi connectivity index (χ1v) is 27.4. The van der Waals surface area contributed by atoms with E-state index in [0.29, 0.717) is 25.9 Å². The SMILES string of the molecule is CC/C=C\C/C=C\C/C=C\C/C=C\C/C=C\C/C=C\CCC(=O)OCC(COCCCCCCCC/C=C\CCCCCCCC)OC(=O)CCC/C=C\C/C=C\C/C=C\C/C=C\C/C=C\CC. The largest absolute Gasteiger partial charge is 0.462 e. The van der Waals surface area contributed by atoms with E-state index in [0.717, 1.165) is 89.9 Å². The minimum atomic E-state index is -0.611. The molecule has 382 valence electrons. The number of unbranched alkanes of at least 4 members (excludes halogenated alkanes) is 13. The standard InChI is InChI=1S/C63H100O5/c1-4-7-10-13-16-19-22-25-28-31-32-34-35-38-41-44-47-50-53-56-62(64)67-60-61(59-66-58-55-52-49-46-43-40-37-30-27-24-21-18-15-12-9-6-3)68-63(65)57-54-51-48-45-42-39-36-33-29-26-23-20-17-14-11-8-5-2/h7-8,10-11,16-17,19-20,25-30,32,34,36,38-39,41,45,47-48,50,61H,4-6,9,12-15,18,21-24,31,33,35,37,40,42-44,46,49,51-60H2,1-3H3/b10-7-,11-8-,19-16-,20-17-,28-25-,29-26-,30-27-,34-32-,39-36-,41-38-,48-45-,50-47-. The van der Waals surface area contributed by atoms with E-state index >= 15 is 0 Å². The third kappa shape index (κ3) is 54.4. The molecule has 0 bridgehead atoms. The van der Waals surface area contributed by atoms with Gasteiger partial charge in [-0.1, -0.05) is 224 Å². The lowest BCUT2D eigenvalue weighted by Crippen LogP contribution is -2.30. The molecule has 0 aliphatic rings. The average Bonchev–Trinajstić information content (AvgIpc) is 3.34. The molecule has 5 nitrogen and oxygen atoms in total. The number of hydrogen-bond acceptors (Lipinski definition) is 5. The summed E-state index contributed by atoms with van der Waals surface area (Å²) in [6, 6.07) is 0. The lowest BCUT2D eigenvalue weighted by Gasteiger charge is -2.18. The summed E-state index contributed by atoms with van der Waals surface area (Å²) in [4.78, 5) is 25.4. The molecule has 0 aromatic rings. The van der Waals surface area contributed by atoms with Gasteiger partial charge in [-0.25, -0.2) is 0 Å². The van der Waals surface area contributed by atoms with E-state index in [4.69, 9.17) is 14.2 Å². The third-order valence-corrected chi connectivity index (χ3v) is 10.9. The molecule has 0 saturated heterocycles. The lowest BCUT2D eigenvalue weighted by atomic mass is 10.1. The molecule has 68 heavy (non-hydrogen) atoms. The molecule has 0 saturated carbocycles. The predicted octanol–water partition coefficient (Wildman–Crippen LogP) is 18.9. The van der Waals surface area contributed by atoms with Crippen LogP contribution in [0.5, 0.6) is 0 Å². The molecule has 0 amide bonds. The zero-order chi connectivity index (χ0) is 49.2. The zero-order valence-electron chi connectivity index (χ0n) is 43.8. The summed E-state index contributed by atoms with van der Waals surface area (Å²) in [7, 11) is 0. The quantitative estimate of drug-likeness (QED) is 0.0346. The number of carbonyl (C=O) groups is 2. The third-order valence-electron chi connectivity index (χ3n) is 10.9. The molecule has 0 aromatic heterocycles. The lowest BCUT2D eigenvalue weighted by molar-refractivity contribution is -0.162. The molecular weight excluding hydrogens is 837 g/mol. The summed E-state index contributed by atoms with van der Waals surface area (Å²) in [5.41, 5.74) is 0. The Balaban J connectivity index is 4.53. The molecule has 1 atom stereocenters. The summed E-state index contributed by atoms with van der Waals surface area (Å²) < 4.78 is 17.3. The van der Waals surface area contributed by atoms with Gasteiger partial charge in [-0.3, -0.25) is 9.59 Å². The Morgan fingerprint density at radius 1 is 0.338 bits per heavy atom. The van der Waals surface area contributed by atoms with Crippen molar-refractivity contribution in [1.29, 1.82) is 0 Å². The second-order valence-corrected chi connectivity index (χ2v) is 17.4. The van der Waals surface area contributed by atoms with Gasteiger partial charge >= 0.3 is 11.9 Å². The van der Waals surface area contributed by atoms with Gasteiger partial charge in [-0.15, -0.1) is 0 Å². The van der Waals surface area contributed by atoms with Crippen LogP contribution in [0.1, 0.15) is 213 Å². The summed E-state index contributed by atoms with van der Waals surface area (Å²) in [5, 5.41) is 0. The van der Waals surface area contributed by atoms with Crippen LogP contribution in [-0.2, 0) is 23.8 Å². The minimum Gasteiger partial charge on any atom is -0.462 e. The molecule has 5 heteroatoms. The molecule has 1 unspecified atom stereocenters. The average molecular weight is 937 g/mol. The number of esters is 2. The van der Waals surface area contributed by atoms with Crippen LogP contribution in [0.2, 0.25) is 0 Å². The topological polar surface area (TPSA) is 61.8 Å². The highest BCUT2D eigenvalue weighted by Gasteiger charge is 2.17. The minimum absolute atomic E-state index is 0.0104. The fourth-order valence-corrected chi connectivity index (χ4v) is 6.86. The van der Waals surface area contributed by atoms with E-state index in [1.54, 1.807) is 0 Å². The Bertz CT molecular complexity index is 1480. The maximum atomic E-state index is 12.8. The number of hydrogen-bond donors (Lipinski definition) is 0. The molecule has 0 heterocycles. The summed E-state index contributed by atoms with van der Waals surface area (Å²) in [6.45, 7) is 7.42. The van der Waals surface area contributed by atoms with Gasteiger partial charge in [0.15, 0.2) is 6.10 Å². The van der Waals surface area contributed by atoms with E-state index < -0.39 is 6.10 Å². The molecule has 0 N–H and O–H groups in total. The first-order chi connectivity index (χ1) is 33.6. The highest BCUT2D eigenvalue weighted by atomic mass is 16.6. The molecule has 0 aliphatic heterocycles. The number of carbonyl (C=O) groups excluding carboxylic acids is 2. The van der Waals surface area contributed by atoms with Gasteiger partial charge in [0.1, 0.15) is 6.61 Å². The van der Waals surface area contributed by atoms with Gasteiger partial charge in [-0.2, -0.15) is 0 Å². The van der Waals surface area contributed by atoms with Crippen LogP contribution >= 0.6 is 0 Å². The van der Waals surface area contributed by atoms with Crippen molar-refractivity contribution in [3.05, 3.63) is 146 Å². The van der Waals surface area contributed by atoms with Crippen molar-refractivity contribution in [2.75, 3.05) is 19.8 Å². The maximum absolute atomic E-state index is 12.8. The van der Waals surface area contributed by atoms with Gasteiger partial charge in [0.2, 0.25) is 0 Å². The van der Waals surface area contributed by atoms with Crippen LogP contribution in [0.3, 0.4) is 0 Å². The van der Waals surface area contributed by atoms with E-state index in [1.807, 2.05) is 6.08 Å². The summed E-state index contributed by atoms with van der Waals surface area (Å²) in [5.74, 6) is -0.575. The Morgan fingerprint density at radius 3 is 1.13 bits per heavy atom. The highest BCUT2D eigenvalue weighted by Crippen LogP contribution is 2.11. The fourth-order valence-electron chi connectivity index (χ4n) is 6.86. The monoisotopic (exact) mass is 937 g/mol. The Hall–Kier alpha value is -4.22. The highest BCUT2D eigenvalue weighted by molar-refractivity contribution is 5.70. The van der Waals surface area contributed by atoms with Crippen molar-refractivity contribution in [2.45, 2.75) is 219 Å². The molecule has 0 aromatic carbocycles. The normalized spacial score (nSPS) is 13.4. The van der Waals surface area contributed by atoms with Gasteiger partial charge in [0.25, 0.3) is 0 Å². The summed E-state index contributed by atoms with van der Waals surface area (Å²) in [6.07, 6.45) is 83.1. The first-order valence-electron chi connectivity index (χ1n) is 27.4. The van der Waals surface area contributed by atoms with Crippen LogP contribution in [0, 0.1) is 0 Å². The first kappa shape index (κ1) is 63.8. The zero-order valence-corrected chi connectivity index (χ0v) is 43.8. The van der Waals surface area contributed by atoms with Crippen LogP contribution in [0.25, 0.3) is 0 Å². The number of ether oxygens (including phenoxy) is 3. The van der Waals surface area contributed by atoms with Gasteiger partial charge < -0.3 is 14.2 Å². The van der Waals surface area contributed by atoms with E-state index in [9.17, 15) is 9.59 Å². The molecular formula is C63H100O5. The Labute approximate surface area is 419 Å². The van der Waals surface area contributed by atoms with E-state index in [2.05, 4.69) is 161 Å². The predicted molar refractivity (Wildman–Crippen MR) is 297 cm³/mol. The van der Waals surface area contributed by atoms with Gasteiger partial charge in [0, 0.05) is 19.4 Å². The van der Waals surface area contributed by atoms with Gasteiger partial charge in [0.05, 0.1) is 6.61 Å². The van der Waals surface area contributed by atoms with Crippen molar-refractivity contribution in [3.8, 4) is 0 Å². The summed E-state index contributed by atoms with van der Waals surface area (Å²) >= 11 is 0. The van der Waals surface area contributed by atoms with Crippen LogP contribution in [0.15, 0.2) is 146 Å².